The second-order valence-corrected chi connectivity index (χ2v) is 10.1. The molecule has 0 aromatic heterocycles. The van der Waals surface area contributed by atoms with Crippen molar-refractivity contribution < 1.29 is 22.7 Å². The quantitative estimate of drug-likeness (QED) is 0.619. The molecule has 0 aliphatic carbocycles. The maximum atomic E-state index is 13.0. The number of hydrogen-bond acceptors (Lipinski definition) is 5. The van der Waals surface area contributed by atoms with Gasteiger partial charge in [-0.1, -0.05) is 42.3 Å². The Morgan fingerprint density at radius 1 is 1.16 bits per heavy atom. The lowest BCUT2D eigenvalue weighted by molar-refractivity contribution is -0.119. The van der Waals surface area contributed by atoms with Gasteiger partial charge in [-0.2, -0.15) is 4.31 Å². The van der Waals surface area contributed by atoms with Gasteiger partial charge in [0.25, 0.3) is 5.91 Å². The summed E-state index contributed by atoms with van der Waals surface area (Å²) >= 11 is 12.1. The van der Waals surface area contributed by atoms with Crippen molar-refractivity contribution in [2.75, 3.05) is 25.0 Å². The van der Waals surface area contributed by atoms with Gasteiger partial charge < -0.3 is 10.1 Å². The minimum Gasteiger partial charge on any atom is -0.452 e. The maximum Gasteiger partial charge on any atom is 0.338 e. The highest BCUT2D eigenvalue weighted by Gasteiger charge is 2.31. The Labute approximate surface area is 191 Å². The van der Waals surface area contributed by atoms with E-state index in [4.69, 9.17) is 27.9 Å². The van der Waals surface area contributed by atoms with Crippen LogP contribution < -0.4 is 5.32 Å². The van der Waals surface area contributed by atoms with Crippen molar-refractivity contribution in [1.82, 2.24) is 4.31 Å². The molecule has 1 aliphatic heterocycles. The molecule has 2 aromatic carbocycles. The number of piperidine rings is 1. The molecule has 2 aromatic rings. The van der Waals surface area contributed by atoms with Crippen molar-refractivity contribution >= 4 is 50.8 Å². The van der Waals surface area contributed by atoms with E-state index in [-0.39, 0.29) is 21.4 Å². The van der Waals surface area contributed by atoms with Gasteiger partial charge in [-0.05, 0) is 49.1 Å². The Bertz CT molecular complexity index is 1090. The number of nitrogens with one attached hydrogen (secondary N) is 1. The number of rotatable bonds is 6. The Hall–Kier alpha value is -2.13. The van der Waals surface area contributed by atoms with E-state index in [0.717, 1.165) is 12.8 Å². The summed E-state index contributed by atoms with van der Waals surface area (Å²) in [5.41, 5.74) is 0.374. The lowest BCUT2D eigenvalue weighted by Crippen LogP contribution is -2.39. The molecular formula is C21H22Cl2N2O5S. The van der Waals surface area contributed by atoms with Crippen LogP contribution in [0.5, 0.6) is 0 Å². The fourth-order valence-electron chi connectivity index (χ4n) is 3.30. The maximum absolute atomic E-state index is 13.0. The second kappa shape index (κ2) is 9.99. The molecule has 166 valence electrons. The van der Waals surface area contributed by atoms with Crippen molar-refractivity contribution in [2.24, 2.45) is 5.92 Å². The number of amides is 1. The van der Waals surface area contributed by atoms with E-state index >= 15 is 0 Å². The summed E-state index contributed by atoms with van der Waals surface area (Å²) in [5.74, 6) is -1.17. The van der Waals surface area contributed by atoms with Crippen LogP contribution in [-0.4, -0.2) is 44.3 Å². The summed E-state index contributed by atoms with van der Waals surface area (Å²) in [6.45, 7) is 2.23. The number of esters is 1. The highest BCUT2D eigenvalue weighted by atomic mass is 35.5. The Kier molecular flexibility index (Phi) is 7.59. The first-order valence-electron chi connectivity index (χ1n) is 9.69. The third kappa shape index (κ3) is 5.77. The van der Waals surface area contributed by atoms with E-state index in [1.54, 1.807) is 24.3 Å². The molecule has 3 rings (SSSR count). The van der Waals surface area contributed by atoms with Gasteiger partial charge in [0.05, 0.1) is 21.3 Å². The van der Waals surface area contributed by atoms with Crippen LogP contribution in [0, 0.1) is 5.92 Å². The van der Waals surface area contributed by atoms with E-state index in [1.807, 2.05) is 6.92 Å². The number of carbonyl (C=O) groups excluding carboxylic acids is 2. The molecule has 0 bridgehead atoms. The first-order valence-corrected chi connectivity index (χ1v) is 11.9. The lowest BCUT2D eigenvalue weighted by atomic mass is 10.0. The van der Waals surface area contributed by atoms with Gasteiger partial charge in [0.2, 0.25) is 10.0 Å². The van der Waals surface area contributed by atoms with Gasteiger partial charge in [-0.15, -0.1) is 0 Å². The number of hydrogen-bond donors (Lipinski definition) is 1. The summed E-state index contributed by atoms with van der Waals surface area (Å²) in [4.78, 5) is 24.3. The lowest BCUT2D eigenvalue weighted by Gasteiger charge is -2.30. The van der Waals surface area contributed by atoms with Crippen LogP contribution >= 0.6 is 23.2 Å². The SMILES string of the molecule is CC1CCCN(S(=O)(=O)c2cc(C(=O)OCC(=O)Nc3ccccc3Cl)ccc2Cl)C1. The van der Waals surface area contributed by atoms with Crippen molar-refractivity contribution in [2.45, 2.75) is 24.7 Å². The van der Waals surface area contributed by atoms with Crippen molar-refractivity contribution in [3.8, 4) is 0 Å². The summed E-state index contributed by atoms with van der Waals surface area (Å²) in [7, 11) is -3.86. The van der Waals surface area contributed by atoms with Crippen LogP contribution in [0.15, 0.2) is 47.4 Å². The predicted molar refractivity (Wildman–Crippen MR) is 119 cm³/mol. The molecular weight excluding hydrogens is 463 g/mol. The Morgan fingerprint density at radius 3 is 2.61 bits per heavy atom. The smallest absolute Gasteiger partial charge is 0.338 e. The molecule has 1 heterocycles. The van der Waals surface area contributed by atoms with Gasteiger partial charge >= 0.3 is 5.97 Å². The van der Waals surface area contributed by atoms with Crippen LogP contribution in [0.2, 0.25) is 10.0 Å². The summed E-state index contributed by atoms with van der Waals surface area (Å²) in [5, 5.41) is 2.91. The van der Waals surface area contributed by atoms with Gasteiger partial charge in [-0.3, -0.25) is 4.79 Å². The van der Waals surface area contributed by atoms with Crippen molar-refractivity contribution in [1.29, 1.82) is 0 Å². The number of nitrogens with zero attached hydrogens (tertiary/aromatic N) is 1. The van der Waals surface area contributed by atoms with E-state index < -0.39 is 28.5 Å². The Morgan fingerprint density at radius 2 is 1.90 bits per heavy atom. The number of anilines is 1. The summed E-state index contributed by atoms with van der Waals surface area (Å²) in [6, 6.07) is 10.5. The number of benzene rings is 2. The van der Waals surface area contributed by atoms with Crippen molar-refractivity contribution in [3.63, 3.8) is 0 Å². The number of para-hydroxylation sites is 1. The summed E-state index contributed by atoms with van der Waals surface area (Å²) in [6.07, 6.45) is 1.72. The van der Waals surface area contributed by atoms with Crippen molar-refractivity contribution in [3.05, 3.63) is 58.1 Å². The molecule has 10 heteroatoms. The number of ether oxygens (including phenoxy) is 1. The molecule has 0 saturated carbocycles. The van der Waals surface area contributed by atoms with E-state index in [2.05, 4.69) is 5.32 Å². The molecule has 0 spiro atoms. The number of halogens is 2. The van der Waals surface area contributed by atoms with Crippen LogP contribution in [0.3, 0.4) is 0 Å². The minimum absolute atomic E-state index is 0.0152. The monoisotopic (exact) mass is 484 g/mol. The van der Waals surface area contributed by atoms with Crippen LogP contribution in [0.4, 0.5) is 5.69 Å². The van der Waals surface area contributed by atoms with E-state index in [9.17, 15) is 18.0 Å². The third-order valence-electron chi connectivity index (χ3n) is 4.89. The average Bonchev–Trinajstić information content (AvgIpc) is 2.74. The standard InChI is InChI=1S/C21H22Cl2N2O5S/c1-14-5-4-10-25(12-14)31(28,29)19-11-15(8-9-17(19)23)21(27)30-13-20(26)24-18-7-3-2-6-16(18)22/h2-3,6-9,11,14H,4-5,10,12-13H2,1H3,(H,24,26). The largest absolute Gasteiger partial charge is 0.452 e. The highest BCUT2D eigenvalue weighted by Crippen LogP contribution is 2.29. The zero-order chi connectivity index (χ0) is 22.6. The van der Waals surface area contributed by atoms with Gasteiger partial charge in [-0.25, -0.2) is 13.2 Å². The zero-order valence-corrected chi connectivity index (χ0v) is 19.1. The molecule has 1 aliphatic rings. The van der Waals surface area contributed by atoms with Crippen LogP contribution in [0.25, 0.3) is 0 Å². The first-order chi connectivity index (χ1) is 14.7. The van der Waals surface area contributed by atoms with E-state index in [0.29, 0.717) is 23.8 Å². The molecule has 31 heavy (non-hydrogen) atoms. The van der Waals surface area contributed by atoms with E-state index in [1.165, 1.54) is 22.5 Å². The minimum atomic E-state index is -3.86. The Balaban J connectivity index is 1.69. The fraction of sp³-hybridized carbons (Fsp3) is 0.333. The van der Waals surface area contributed by atoms with Gasteiger partial charge in [0, 0.05) is 13.1 Å². The second-order valence-electron chi connectivity index (χ2n) is 7.36. The molecule has 0 radical (unpaired) electrons. The molecule has 1 N–H and O–H groups in total. The van der Waals surface area contributed by atoms with Gasteiger partial charge in [0.1, 0.15) is 4.90 Å². The molecule has 1 fully saturated rings. The predicted octanol–water partition coefficient (Wildman–Crippen LogP) is 4.21. The molecule has 1 saturated heterocycles. The normalized spacial score (nSPS) is 17.2. The van der Waals surface area contributed by atoms with Crippen LogP contribution in [-0.2, 0) is 19.6 Å². The number of carbonyl (C=O) groups is 2. The topological polar surface area (TPSA) is 92.8 Å². The zero-order valence-electron chi connectivity index (χ0n) is 16.8. The first kappa shape index (κ1) is 23.5. The average molecular weight is 485 g/mol. The fourth-order valence-corrected chi connectivity index (χ4v) is 5.58. The molecule has 1 atom stereocenters. The molecule has 1 unspecified atom stereocenters. The summed E-state index contributed by atoms with van der Waals surface area (Å²) < 4.78 is 32.5. The van der Waals surface area contributed by atoms with Crippen LogP contribution in [0.1, 0.15) is 30.1 Å². The molecule has 1 amide bonds. The number of sulfonamides is 1. The highest BCUT2D eigenvalue weighted by molar-refractivity contribution is 7.89. The van der Waals surface area contributed by atoms with Gasteiger partial charge in [0.15, 0.2) is 6.61 Å². The molecule has 7 nitrogen and oxygen atoms in total. The third-order valence-corrected chi connectivity index (χ3v) is 7.56.